The van der Waals surface area contributed by atoms with Gasteiger partial charge >= 0.3 is 5.97 Å². The zero-order valence-electron chi connectivity index (χ0n) is 13.1. The predicted molar refractivity (Wildman–Crippen MR) is 81.7 cm³/mol. The fraction of sp³-hybridized carbons (Fsp3) is 0.562. The molecule has 0 saturated heterocycles. The molecule has 0 amide bonds. The number of carbonyl (C=O) groups is 1. The van der Waals surface area contributed by atoms with Crippen molar-refractivity contribution in [3.63, 3.8) is 0 Å². The van der Waals surface area contributed by atoms with Gasteiger partial charge in [0, 0.05) is 6.04 Å². The third-order valence-corrected chi connectivity index (χ3v) is 3.25. The van der Waals surface area contributed by atoms with E-state index in [1.165, 1.54) is 19.2 Å². The van der Waals surface area contributed by atoms with Gasteiger partial charge in [-0.1, -0.05) is 12.1 Å². The van der Waals surface area contributed by atoms with Gasteiger partial charge in [0.1, 0.15) is 5.82 Å². The van der Waals surface area contributed by atoms with E-state index in [-0.39, 0.29) is 17.8 Å². The van der Waals surface area contributed by atoms with Gasteiger partial charge in [-0.15, -0.1) is 0 Å². The van der Waals surface area contributed by atoms with Crippen molar-refractivity contribution in [1.29, 1.82) is 0 Å². The fourth-order valence-corrected chi connectivity index (χ4v) is 2.11. The monoisotopic (exact) mass is 296 g/mol. The molecule has 1 unspecified atom stereocenters. The van der Waals surface area contributed by atoms with Gasteiger partial charge in [-0.05, 0) is 57.7 Å². The van der Waals surface area contributed by atoms with E-state index in [1.807, 2.05) is 14.1 Å². The van der Waals surface area contributed by atoms with Crippen LogP contribution in [0.1, 0.15) is 18.4 Å². The van der Waals surface area contributed by atoms with Gasteiger partial charge in [0.15, 0.2) is 0 Å². The van der Waals surface area contributed by atoms with Crippen molar-refractivity contribution in [2.75, 3.05) is 34.3 Å². The van der Waals surface area contributed by atoms with Crippen LogP contribution >= 0.6 is 0 Å². The average Bonchev–Trinajstić information content (AvgIpc) is 2.45. The molecule has 0 radical (unpaired) electrons. The molecule has 21 heavy (non-hydrogen) atoms. The summed E-state index contributed by atoms with van der Waals surface area (Å²) in [6, 6.07) is 6.39. The lowest BCUT2D eigenvalue weighted by molar-refractivity contribution is -0.141. The van der Waals surface area contributed by atoms with Crippen LogP contribution in [-0.4, -0.2) is 51.2 Å². The first-order chi connectivity index (χ1) is 10.0. The smallest absolute Gasteiger partial charge is 0.307 e. The molecule has 1 N–H and O–H groups in total. The van der Waals surface area contributed by atoms with E-state index in [4.69, 9.17) is 4.74 Å². The second kappa shape index (κ2) is 9.47. The highest BCUT2D eigenvalue weighted by Crippen LogP contribution is 2.08. The minimum Gasteiger partial charge on any atom is -0.469 e. The van der Waals surface area contributed by atoms with Gasteiger partial charge in [-0.3, -0.25) is 4.79 Å². The number of rotatable bonds is 9. The van der Waals surface area contributed by atoms with E-state index in [0.29, 0.717) is 12.8 Å². The van der Waals surface area contributed by atoms with Crippen LogP contribution < -0.4 is 5.32 Å². The summed E-state index contributed by atoms with van der Waals surface area (Å²) in [5.74, 6) is -0.482. The summed E-state index contributed by atoms with van der Waals surface area (Å²) >= 11 is 0. The number of carbonyl (C=O) groups excluding carboxylic acids is 1. The topological polar surface area (TPSA) is 41.6 Å². The Bertz CT molecular complexity index is 421. The summed E-state index contributed by atoms with van der Waals surface area (Å²) in [4.78, 5) is 13.6. The summed E-state index contributed by atoms with van der Waals surface area (Å²) in [5.41, 5.74) is 1.01. The summed E-state index contributed by atoms with van der Waals surface area (Å²) in [7, 11) is 5.46. The molecule has 0 aliphatic heterocycles. The number of nitrogens with one attached hydrogen (secondary N) is 1. The van der Waals surface area contributed by atoms with Crippen molar-refractivity contribution in [3.8, 4) is 0 Å². The van der Waals surface area contributed by atoms with Gasteiger partial charge in [-0.2, -0.15) is 0 Å². The lowest BCUT2D eigenvalue weighted by Crippen LogP contribution is -2.35. The third kappa shape index (κ3) is 7.78. The fourth-order valence-electron chi connectivity index (χ4n) is 2.11. The van der Waals surface area contributed by atoms with Crippen molar-refractivity contribution in [1.82, 2.24) is 10.2 Å². The van der Waals surface area contributed by atoms with Gasteiger partial charge in [-0.25, -0.2) is 4.39 Å². The summed E-state index contributed by atoms with van der Waals surface area (Å²) < 4.78 is 17.7. The molecule has 0 saturated carbocycles. The normalized spacial score (nSPS) is 12.4. The van der Waals surface area contributed by atoms with Crippen LogP contribution in [-0.2, 0) is 16.0 Å². The van der Waals surface area contributed by atoms with Crippen molar-refractivity contribution < 1.29 is 13.9 Å². The highest BCUT2D eigenvalue weighted by atomic mass is 19.1. The molecule has 1 aromatic rings. The first-order valence-corrected chi connectivity index (χ1v) is 7.20. The molecule has 4 nitrogen and oxygen atoms in total. The Morgan fingerprint density at radius 2 is 2.00 bits per heavy atom. The molecule has 0 aliphatic carbocycles. The molecule has 118 valence electrons. The number of methoxy groups -OCH3 is 1. The highest BCUT2D eigenvalue weighted by molar-refractivity contribution is 5.69. The summed E-state index contributed by atoms with van der Waals surface area (Å²) in [6.45, 7) is 1.83. The van der Waals surface area contributed by atoms with Crippen LogP contribution in [0, 0.1) is 5.82 Å². The average molecular weight is 296 g/mol. The molecule has 5 heteroatoms. The van der Waals surface area contributed by atoms with Gasteiger partial charge in [0.25, 0.3) is 0 Å². The number of halogens is 1. The van der Waals surface area contributed by atoms with Crippen LogP contribution in [0.4, 0.5) is 4.39 Å². The molecule has 0 spiro atoms. The molecule has 1 rings (SSSR count). The standard InChI is InChI=1S/C16H25FN2O2/c1-19(2)10-4-9-18-15(12-16(20)21-3)11-13-5-7-14(17)8-6-13/h5-8,15,18H,4,9-12H2,1-3H3. The van der Waals surface area contributed by atoms with Gasteiger partial charge < -0.3 is 15.0 Å². The minimum absolute atomic E-state index is 0.00470. The zero-order valence-corrected chi connectivity index (χ0v) is 13.1. The Balaban J connectivity index is 2.51. The quantitative estimate of drug-likeness (QED) is 0.558. The van der Waals surface area contributed by atoms with E-state index < -0.39 is 0 Å². The number of hydrogen-bond donors (Lipinski definition) is 1. The van der Waals surface area contributed by atoms with Crippen LogP contribution in [0.5, 0.6) is 0 Å². The van der Waals surface area contributed by atoms with Crippen LogP contribution in [0.15, 0.2) is 24.3 Å². The Hall–Kier alpha value is -1.46. The number of esters is 1. The molecule has 0 heterocycles. The van der Waals surface area contributed by atoms with Crippen LogP contribution in [0.3, 0.4) is 0 Å². The largest absolute Gasteiger partial charge is 0.469 e. The third-order valence-electron chi connectivity index (χ3n) is 3.25. The maximum atomic E-state index is 12.9. The summed E-state index contributed by atoms with van der Waals surface area (Å²) in [5, 5.41) is 3.38. The minimum atomic E-state index is -0.248. The number of nitrogens with zero attached hydrogens (tertiary/aromatic N) is 1. The highest BCUT2D eigenvalue weighted by Gasteiger charge is 2.14. The maximum absolute atomic E-state index is 12.9. The van der Waals surface area contributed by atoms with Crippen LogP contribution in [0.2, 0.25) is 0 Å². The molecular formula is C16H25FN2O2. The number of ether oxygens (including phenoxy) is 1. The van der Waals surface area contributed by atoms with Crippen LogP contribution in [0.25, 0.3) is 0 Å². The first-order valence-electron chi connectivity index (χ1n) is 7.20. The second-order valence-corrected chi connectivity index (χ2v) is 5.42. The first kappa shape index (κ1) is 17.6. The summed E-state index contributed by atoms with van der Waals surface area (Å²) in [6.07, 6.45) is 2.00. The predicted octanol–water partition coefficient (Wildman–Crippen LogP) is 1.84. The number of hydrogen-bond acceptors (Lipinski definition) is 4. The second-order valence-electron chi connectivity index (χ2n) is 5.42. The van der Waals surface area contributed by atoms with Crippen molar-refractivity contribution in [3.05, 3.63) is 35.6 Å². The Labute approximate surface area is 126 Å². The lowest BCUT2D eigenvalue weighted by Gasteiger charge is -2.18. The van der Waals surface area contributed by atoms with Gasteiger partial charge in [0.2, 0.25) is 0 Å². The Morgan fingerprint density at radius 3 is 2.57 bits per heavy atom. The van der Waals surface area contributed by atoms with E-state index in [1.54, 1.807) is 12.1 Å². The maximum Gasteiger partial charge on any atom is 0.307 e. The van der Waals surface area contributed by atoms with E-state index in [0.717, 1.165) is 25.1 Å². The van der Waals surface area contributed by atoms with Crippen molar-refractivity contribution >= 4 is 5.97 Å². The lowest BCUT2D eigenvalue weighted by atomic mass is 10.0. The molecule has 0 fully saturated rings. The SMILES string of the molecule is COC(=O)CC(Cc1ccc(F)cc1)NCCCN(C)C. The van der Waals surface area contributed by atoms with E-state index in [2.05, 4.69) is 10.2 Å². The van der Waals surface area contributed by atoms with E-state index >= 15 is 0 Å². The molecule has 0 aliphatic rings. The Kier molecular flexibility index (Phi) is 7.93. The molecule has 0 bridgehead atoms. The molecule has 1 atom stereocenters. The van der Waals surface area contributed by atoms with Crippen molar-refractivity contribution in [2.24, 2.45) is 0 Å². The van der Waals surface area contributed by atoms with E-state index in [9.17, 15) is 9.18 Å². The molecule has 0 aromatic heterocycles. The zero-order chi connectivity index (χ0) is 15.7. The van der Waals surface area contributed by atoms with Crippen molar-refractivity contribution in [2.45, 2.75) is 25.3 Å². The molecular weight excluding hydrogens is 271 g/mol. The Morgan fingerprint density at radius 1 is 1.33 bits per heavy atom. The molecule has 1 aromatic carbocycles. The number of benzene rings is 1. The van der Waals surface area contributed by atoms with Gasteiger partial charge in [0.05, 0.1) is 13.5 Å².